The van der Waals surface area contributed by atoms with Gasteiger partial charge in [-0.15, -0.1) is 0 Å². The van der Waals surface area contributed by atoms with Gasteiger partial charge in [-0.1, -0.05) is 36.4 Å². The van der Waals surface area contributed by atoms with E-state index in [0.717, 1.165) is 11.1 Å². The van der Waals surface area contributed by atoms with Gasteiger partial charge in [-0.2, -0.15) is 0 Å². The molecule has 0 fully saturated rings. The van der Waals surface area contributed by atoms with E-state index in [1.54, 1.807) is 18.2 Å². The highest BCUT2D eigenvalue weighted by Crippen LogP contribution is 2.31. The van der Waals surface area contributed by atoms with Gasteiger partial charge in [0, 0.05) is 11.5 Å². The largest absolute Gasteiger partial charge is 0.494 e. The van der Waals surface area contributed by atoms with Crippen LogP contribution in [0.5, 0.6) is 5.75 Å². The third-order valence-electron chi connectivity index (χ3n) is 3.85. The van der Waals surface area contributed by atoms with Crippen LogP contribution in [0, 0.1) is 11.7 Å². The Hall–Kier alpha value is -2.16. The molecule has 0 N–H and O–H groups in total. The first-order chi connectivity index (χ1) is 9.70. The zero-order valence-corrected chi connectivity index (χ0v) is 11.2. The molecule has 0 aromatic heterocycles. The van der Waals surface area contributed by atoms with Crippen molar-refractivity contribution in [3.05, 3.63) is 65.0 Å². The molecule has 0 heterocycles. The van der Waals surface area contributed by atoms with Gasteiger partial charge < -0.3 is 4.74 Å². The number of fused-ring (bicyclic) bond motifs is 1. The zero-order valence-electron chi connectivity index (χ0n) is 11.2. The molecule has 20 heavy (non-hydrogen) atoms. The Kier molecular flexibility index (Phi) is 3.26. The quantitative estimate of drug-likeness (QED) is 0.854. The molecule has 0 spiro atoms. The van der Waals surface area contributed by atoms with E-state index in [9.17, 15) is 9.18 Å². The van der Waals surface area contributed by atoms with E-state index < -0.39 is 0 Å². The minimum absolute atomic E-state index is 0.114. The third-order valence-corrected chi connectivity index (χ3v) is 3.85. The lowest BCUT2D eigenvalue weighted by molar-refractivity contribution is 0.0935. The molecular formula is C17H15FO2. The standard InChI is InChI=1S/C17H15FO2/c1-20-15-8-4-6-12(16(15)18)10-13-9-11-5-2-3-7-14(11)17(13)19/h2-8,13H,9-10H2,1H3. The Bertz CT molecular complexity index is 664. The SMILES string of the molecule is COc1cccc(CC2Cc3ccccc3C2=O)c1F. The summed E-state index contributed by atoms with van der Waals surface area (Å²) >= 11 is 0. The molecule has 0 amide bonds. The fourth-order valence-corrected chi connectivity index (χ4v) is 2.82. The molecule has 2 aromatic carbocycles. The zero-order chi connectivity index (χ0) is 14.1. The highest BCUT2D eigenvalue weighted by molar-refractivity contribution is 6.02. The number of methoxy groups -OCH3 is 1. The van der Waals surface area contributed by atoms with Crippen molar-refractivity contribution in [1.82, 2.24) is 0 Å². The number of ketones is 1. The second kappa shape index (κ2) is 5.08. The molecule has 2 aromatic rings. The van der Waals surface area contributed by atoms with E-state index in [2.05, 4.69) is 0 Å². The van der Waals surface area contributed by atoms with Crippen molar-refractivity contribution < 1.29 is 13.9 Å². The third kappa shape index (κ3) is 2.09. The molecule has 0 saturated carbocycles. The molecule has 2 nitrogen and oxygen atoms in total. The van der Waals surface area contributed by atoms with Crippen molar-refractivity contribution >= 4 is 5.78 Å². The van der Waals surface area contributed by atoms with Crippen LogP contribution in [0.15, 0.2) is 42.5 Å². The lowest BCUT2D eigenvalue weighted by Gasteiger charge is -2.11. The van der Waals surface area contributed by atoms with Gasteiger partial charge >= 0.3 is 0 Å². The molecule has 3 rings (SSSR count). The topological polar surface area (TPSA) is 26.3 Å². The van der Waals surface area contributed by atoms with Crippen LogP contribution in [0.2, 0.25) is 0 Å². The fourth-order valence-electron chi connectivity index (χ4n) is 2.82. The minimum atomic E-state index is -0.362. The van der Waals surface area contributed by atoms with E-state index >= 15 is 0 Å². The number of Topliss-reactive ketones (excluding diaryl/α,β-unsaturated/α-hetero) is 1. The van der Waals surface area contributed by atoms with Gasteiger partial charge in [0.25, 0.3) is 0 Å². The van der Waals surface area contributed by atoms with Gasteiger partial charge in [0.05, 0.1) is 7.11 Å². The predicted octanol–water partition coefficient (Wildman–Crippen LogP) is 3.43. The monoisotopic (exact) mass is 270 g/mol. The Morgan fingerprint density at radius 2 is 2.00 bits per heavy atom. The molecule has 1 atom stereocenters. The highest BCUT2D eigenvalue weighted by atomic mass is 19.1. The van der Waals surface area contributed by atoms with E-state index in [1.807, 2.05) is 24.3 Å². The second-order valence-corrected chi connectivity index (χ2v) is 5.06. The van der Waals surface area contributed by atoms with E-state index in [4.69, 9.17) is 4.74 Å². The molecule has 1 aliphatic carbocycles. The average Bonchev–Trinajstić information content (AvgIpc) is 2.78. The van der Waals surface area contributed by atoms with Crippen molar-refractivity contribution in [2.45, 2.75) is 12.8 Å². The van der Waals surface area contributed by atoms with Gasteiger partial charge in [-0.3, -0.25) is 4.79 Å². The molecular weight excluding hydrogens is 255 g/mol. The summed E-state index contributed by atoms with van der Waals surface area (Å²) < 4.78 is 19.1. The molecule has 0 aliphatic heterocycles. The van der Waals surface area contributed by atoms with Crippen molar-refractivity contribution in [1.29, 1.82) is 0 Å². The van der Waals surface area contributed by atoms with Crippen molar-refractivity contribution in [3.8, 4) is 5.75 Å². The number of carbonyl (C=O) groups is 1. The first-order valence-corrected chi connectivity index (χ1v) is 6.64. The van der Waals surface area contributed by atoms with Crippen molar-refractivity contribution in [2.24, 2.45) is 5.92 Å². The van der Waals surface area contributed by atoms with Gasteiger partial charge in [-0.05, 0) is 30.0 Å². The molecule has 1 aliphatic rings. The van der Waals surface area contributed by atoms with Crippen LogP contribution in [0.25, 0.3) is 0 Å². The summed E-state index contributed by atoms with van der Waals surface area (Å²) in [4.78, 5) is 12.3. The summed E-state index contributed by atoms with van der Waals surface area (Å²) in [5, 5.41) is 0. The summed E-state index contributed by atoms with van der Waals surface area (Å²) in [5.41, 5.74) is 2.38. The van der Waals surface area contributed by atoms with Crippen LogP contribution >= 0.6 is 0 Å². The van der Waals surface area contributed by atoms with Crippen LogP contribution in [0.3, 0.4) is 0 Å². The molecule has 102 valence electrons. The number of rotatable bonds is 3. The van der Waals surface area contributed by atoms with Crippen LogP contribution in [0.4, 0.5) is 4.39 Å². The van der Waals surface area contributed by atoms with Crippen LogP contribution < -0.4 is 4.74 Å². The fraction of sp³-hybridized carbons (Fsp3) is 0.235. The molecule has 1 unspecified atom stereocenters. The summed E-state index contributed by atoms with van der Waals surface area (Å²) in [6.45, 7) is 0. The van der Waals surface area contributed by atoms with Crippen molar-refractivity contribution in [3.63, 3.8) is 0 Å². The van der Waals surface area contributed by atoms with Gasteiger partial charge in [0.2, 0.25) is 0 Å². The normalized spacial score (nSPS) is 17.1. The second-order valence-electron chi connectivity index (χ2n) is 5.06. The van der Waals surface area contributed by atoms with Gasteiger partial charge in [-0.25, -0.2) is 4.39 Å². The minimum Gasteiger partial charge on any atom is -0.494 e. The maximum absolute atomic E-state index is 14.1. The smallest absolute Gasteiger partial charge is 0.168 e. The number of ether oxygens (including phenoxy) is 1. The Balaban J connectivity index is 1.86. The van der Waals surface area contributed by atoms with E-state index in [1.165, 1.54) is 7.11 Å². The maximum atomic E-state index is 14.1. The molecule has 3 heteroatoms. The Morgan fingerprint density at radius 1 is 1.20 bits per heavy atom. The first-order valence-electron chi connectivity index (χ1n) is 6.64. The van der Waals surface area contributed by atoms with E-state index in [-0.39, 0.29) is 23.3 Å². The number of benzene rings is 2. The average molecular weight is 270 g/mol. The maximum Gasteiger partial charge on any atom is 0.168 e. The number of halogens is 1. The lowest BCUT2D eigenvalue weighted by Crippen LogP contribution is -2.13. The van der Waals surface area contributed by atoms with E-state index in [0.29, 0.717) is 18.4 Å². The summed E-state index contributed by atoms with van der Waals surface area (Å²) in [5.74, 6) is -0.193. The first kappa shape index (κ1) is 12.9. The van der Waals surface area contributed by atoms with Crippen LogP contribution in [-0.2, 0) is 12.8 Å². The summed E-state index contributed by atoms with van der Waals surface area (Å²) in [6.07, 6.45) is 1.10. The van der Waals surface area contributed by atoms with Crippen LogP contribution in [-0.4, -0.2) is 12.9 Å². The highest BCUT2D eigenvalue weighted by Gasteiger charge is 2.30. The van der Waals surface area contributed by atoms with Gasteiger partial charge in [0.1, 0.15) is 0 Å². The number of carbonyl (C=O) groups excluding carboxylic acids is 1. The van der Waals surface area contributed by atoms with Crippen molar-refractivity contribution in [2.75, 3.05) is 7.11 Å². The lowest BCUT2D eigenvalue weighted by atomic mass is 9.95. The predicted molar refractivity (Wildman–Crippen MR) is 74.6 cm³/mol. The van der Waals surface area contributed by atoms with Crippen LogP contribution in [0.1, 0.15) is 21.5 Å². The summed E-state index contributed by atoms with van der Waals surface area (Å²) in [7, 11) is 1.44. The van der Waals surface area contributed by atoms with Gasteiger partial charge in [0.15, 0.2) is 17.3 Å². The number of hydrogen-bond donors (Lipinski definition) is 0. The molecule has 0 saturated heterocycles. The molecule has 0 bridgehead atoms. The number of hydrogen-bond acceptors (Lipinski definition) is 2. The molecule has 0 radical (unpaired) electrons. The Labute approximate surface area is 117 Å². The summed E-state index contributed by atoms with van der Waals surface area (Å²) in [6, 6.07) is 12.7. The Morgan fingerprint density at radius 3 is 2.75 bits per heavy atom.